The van der Waals surface area contributed by atoms with Gasteiger partial charge < -0.3 is 15.1 Å². The smallest absolute Gasteiger partial charge is 0.323 e. The van der Waals surface area contributed by atoms with E-state index < -0.39 is 5.54 Å². The van der Waals surface area contributed by atoms with Crippen molar-refractivity contribution in [1.29, 1.82) is 0 Å². The zero-order valence-electron chi connectivity index (χ0n) is 17.5. The average molecular weight is 399 g/mol. The fourth-order valence-electron chi connectivity index (χ4n) is 5.11. The molecule has 1 spiro atoms. The molecule has 6 heteroatoms. The Morgan fingerprint density at radius 2 is 1.83 bits per heavy atom. The second-order valence-corrected chi connectivity index (χ2v) is 8.96. The van der Waals surface area contributed by atoms with Crippen LogP contribution in [0.25, 0.3) is 6.08 Å². The van der Waals surface area contributed by atoms with Crippen LogP contribution in [0.4, 0.5) is 4.79 Å². The molecule has 6 nitrogen and oxygen atoms in total. The van der Waals surface area contributed by atoms with Gasteiger partial charge in [-0.05, 0) is 30.4 Å². The molecule has 1 aliphatic carbocycles. The molecule has 2 aliphatic heterocycles. The summed E-state index contributed by atoms with van der Waals surface area (Å²) in [5, 5.41) is 3.07. The lowest BCUT2D eigenvalue weighted by Crippen LogP contribution is -3.28. The Labute approximate surface area is 173 Å². The molecule has 0 unspecified atom stereocenters. The van der Waals surface area contributed by atoms with Crippen LogP contribution in [0.2, 0.25) is 0 Å². The van der Waals surface area contributed by atoms with E-state index >= 15 is 0 Å². The van der Waals surface area contributed by atoms with Gasteiger partial charge in [-0.25, -0.2) is 9.69 Å². The van der Waals surface area contributed by atoms with Crippen LogP contribution in [0, 0.1) is 5.92 Å². The lowest BCUT2D eigenvalue weighted by molar-refractivity contribution is -1.01. The lowest BCUT2D eigenvalue weighted by Gasteiger charge is -2.37. The maximum absolute atomic E-state index is 13.1. The number of benzene rings is 1. The van der Waals surface area contributed by atoms with E-state index in [1.807, 2.05) is 6.07 Å². The zero-order valence-corrected chi connectivity index (χ0v) is 17.5. The summed E-state index contributed by atoms with van der Waals surface area (Å²) < 4.78 is 0. The molecule has 3 fully saturated rings. The van der Waals surface area contributed by atoms with Gasteiger partial charge in [0, 0.05) is 0 Å². The second kappa shape index (κ2) is 8.67. The number of quaternary nitrogens is 2. The first-order chi connectivity index (χ1) is 14.1. The van der Waals surface area contributed by atoms with Gasteiger partial charge in [-0.15, -0.1) is 0 Å². The monoisotopic (exact) mass is 398 g/mol. The Hall–Kier alpha value is -2.18. The molecule has 2 atom stereocenters. The number of urea groups is 1. The normalized spacial score (nSPS) is 32.9. The molecule has 1 saturated carbocycles. The van der Waals surface area contributed by atoms with Crippen molar-refractivity contribution in [2.75, 3.05) is 39.4 Å². The molecule has 2 saturated heterocycles. The maximum atomic E-state index is 13.1. The summed E-state index contributed by atoms with van der Waals surface area (Å²) in [6.07, 6.45) is 8.42. The van der Waals surface area contributed by atoms with E-state index in [0.717, 1.165) is 58.4 Å². The number of hydrogen-bond donors (Lipinski definition) is 3. The summed E-state index contributed by atoms with van der Waals surface area (Å²) in [7, 11) is 0. The Morgan fingerprint density at radius 3 is 2.55 bits per heavy atom. The number of hydrogen-bond acceptors (Lipinski definition) is 2. The van der Waals surface area contributed by atoms with Crippen molar-refractivity contribution < 1.29 is 19.4 Å². The molecular weight excluding hydrogens is 364 g/mol. The highest BCUT2D eigenvalue weighted by atomic mass is 16.2. The van der Waals surface area contributed by atoms with Crippen molar-refractivity contribution >= 4 is 18.0 Å². The van der Waals surface area contributed by atoms with Crippen LogP contribution >= 0.6 is 0 Å². The van der Waals surface area contributed by atoms with Crippen LogP contribution in [0.1, 0.15) is 38.2 Å². The molecule has 3 aliphatic rings. The van der Waals surface area contributed by atoms with E-state index in [-0.39, 0.29) is 17.9 Å². The second-order valence-electron chi connectivity index (χ2n) is 8.96. The molecule has 0 bridgehead atoms. The molecule has 156 valence electrons. The molecule has 0 aromatic heterocycles. The number of carbonyl (C=O) groups is 2. The van der Waals surface area contributed by atoms with Gasteiger partial charge in [0.2, 0.25) is 0 Å². The lowest BCUT2D eigenvalue weighted by atomic mass is 9.73. The number of carbonyl (C=O) groups excluding carboxylic acids is 2. The third-order valence-electron chi connectivity index (χ3n) is 7.06. The quantitative estimate of drug-likeness (QED) is 0.609. The summed E-state index contributed by atoms with van der Waals surface area (Å²) in [4.78, 5) is 30.1. The topological polar surface area (TPSA) is 58.3 Å². The van der Waals surface area contributed by atoms with Crippen LogP contribution in [0.15, 0.2) is 36.4 Å². The van der Waals surface area contributed by atoms with Gasteiger partial charge in [-0.2, -0.15) is 0 Å². The van der Waals surface area contributed by atoms with E-state index in [9.17, 15) is 9.59 Å². The van der Waals surface area contributed by atoms with Crippen molar-refractivity contribution in [3.05, 3.63) is 42.0 Å². The first kappa shape index (κ1) is 20.1. The summed E-state index contributed by atoms with van der Waals surface area (Å²) in [6, 6.07) is 10.2. The predicted octanol–water partition coefficient (Wildman–Crippen LogP) is -0.0586. The minimum Gasteiger partial charge on any atom is -0.323 e. The van der Waals surface area contributed by atoms with Gasteiger partial charge in [0.1, 0.15) is 31.7 Å². The number of nitrogens with one attached hydrogen (secondary N) is 3. The summed E-state index contributed by atoms with van der Waals surface area (Å²) in [6.45, 7) is 7.76. The highest BCUT2D eigenvalue weighted by Crippen LogP contribution is 2.37. The van der Waals surface area contributed by atoms with Crippen LogP contribution in [0.3, 0.4) is 0 Å². The number of nitrogens with zero attached hydrogens (tertiary/aromatic N) is 1. The van der Waals surface area contributed by atoms with Crippen LogP contribution < -0.4 is 15.1 Å². The molecule has 0 radical (unpaired) electrons. The molecule has 29 heavy (non-hydrogen) atoms. The van der Waals surface area contributed by atoms with Gasteiger partial charge in [0.15, 0.2) is 6.67 Å². The SMILES string of the molecule is C[C@@H]1CCCC[C@@]12NC(=O)N(C[NH+]1CC[NH+](C/C=C/c3ccccc3)CC1)C2=O. The zero-order chi connectivity index (χ0) is 20.3. The minimum absolute atomic E-state index is 0.0165. The average Bonchev–Trinajstić information content (AvgIpc) is 2.97. The van der Waals surface area contributed by atoms with Crippen LogP contribution in [-0.4, -0.2) is 61.8 Å². The minimum atomic E-state index is -0.635. The Kier molecular flexibility index (Phi) is 6.01. The molecular formula is C23H34N4O2+2. The van der Waals surface area contributed by atoms with E-state index in [4.69, 9.17) is 0 Å². The van der Waals surface area contributed by atoms with Gasteiger partial charge in [-0.1, -0.05) is 56.2 Å². The third-order valence-corrected chi connectivity index (χ3v) is 7.06. The summed E-state index contributed by atoms with van der Waals surface area (Å²) in [5.41, 5.74) is 0.602. The fourth-order valence-corrected chi connectivity index (χ4v) is 5.11. The largest absolute Gasteiger partial charge is 0.329 e. The molecule has 1 aromatic rings. The first-order valence-electron chi connectivity index (χ1n) is 11.1. The number of imide groups is 1. The van der Waals surface area contributed by atoms with Crippen molar-refractivity contribution in [3.8, 4) is 0 Å². The Bertz CT molecular complexity index is 757. The molecule has 1 aromatic carbocycles. The van der Waals surface area contributed by atoms with Crippen molar-refractivity contribution in [3.63, 3.8) is 0 Å². The van der Waals surface area contributed by atoms with E-state index in [0.29, 0.717) is 6.67 Å². The molecule has 2 heterocycles. The molecule has 4 rings (SSSR count). The van der Waals surface area contributed by atoms with Crippen molar-refractivity contribution in [1.82, 2.24) is 10.2 Å². The Balaban J connectivity index is 1.27. The van der Waals surface area contributed by atoms with E-state index in [1.165, 1.54) is 15.4 Å². The first-order valence-corrected chi connectivity index (χ1v) is 11.1. The predicted molar refractivity (Wildman–Crippen MR) is 112 cm³/mol. The van der Waals surface area contributed by atoms with Gasteiger partial charge in [-0.3, -0.25) is 4.79 Å². The summed E-state index contributed by atoms with van der Waals surface area (Å²) >= 11 is 0. The fraction of sp³-hybridized carbons (Fsp3) is 0.565. The number of amides is 3. The standard InChI is InChI=1S/C23H32N4O2/c1-19-8-5-6-12-23(19)21(28)27(22(29)24-23)18-26-16-14-25(15-17-26)13-7-11-20-9-3-2-4-10-20/h2-4,7,9-11,19H,5-6,8,12-18H2,1H3,(H,24,29)/p+2/b11-7+/t19-,23-/m1/s1. The maximum Gasteiger partial charge on any atom is 0.329 e. The van der Waals surface area contributed by atoms with Crippen molar-refractivity contribution in [2.24, 2.45) is 5.92 Å². The van der Waals surface area contributed by atoms with Gasteiger partial charge in [0.25, 0.3) is 5.91 Å². The molecule has 3 amide bonds. The number of rotatable bonds is 5. The highest BCUT2D eigenvalue weighted by molar-refractivity contribution is 6.07. The van der Waals surface area contributed by atoms with Crippen LogP contribution in [-0.2, 0) is 4.79 Å². The third kappa shape index (κ3) is 4.23. The van der Waals surface area contributed by atoms with Gasteiger partial charge >= 0.3 is 6.03 Å². The van der Waals surface area contributed by atoms with Crippen molar-refractivity contribution in [2.45, 2.75) is 38.1 Å². The van der Waals surface area contributed by atoms with Crippen LogP contribution in [0.5, 0.6) is 0 Å². The number of piperazine rings is 1. The van der Waals surface area contributed by atoms with Gasteiger partial charge in [0.05, 0.1) is 6.54 Å². The Morgan fingerprint density at radius 1 is 1.10 bits per heavy atom. The van der Waals surface area contributed by atoms with E-state index in [1.54, 1.807) is 4.90 Å². The highest BCUT2D eigenvalue weighted by Gasteiger charge is 2.55. The summed E-state index contributed by atoms with van der Waals surface area (Å²) in [5.74, 6) is 0.244. The van der Waals surface area contributed by atoms with E-state index in [2.05, 4.69) is 48.7 Å². The molecule has 3 N–H and O–H groups in total.